The number of nitrogens with two attached hydrogens (primary N) is 1. The zero-order valence-corrected chi connectivity index (χ0v) is 7.78. The second-order valence-electron chi connectivity index (χ2n) is 2.55. The summed E-state index contributed by atoms with van der Waals surface area (Å²) in [5.74, 6) is -1.60. The van der Waals surface area contributed by atoms with E-state index in [9.17, 15) is 13.2 Å². The number of hydrogen-bond acceptors (Lipinski definition) is 4. The van der Waals surface area contributed by atoms with E-state index < -0.39 is 21.5 Å². The van der Waals surface area contributed by atoms with E-state index in [-0.39, 0.29) is 5.16 Å². The molecule has 1 rings (SSSR count). The smallest absolute Gasteiger partial charge is 0.233 e. The lowest BCUT2D eigenvalue weighted by Gasteiger charge is -2.00. The number of sulfone groups is 1. The Morgan fingerprint density at radius 2 is 2.31 bits per heavy atom. The summed E-state index contributed by atoms with van der Waals surface area (Å²) in [6.45, 7) is 0. The summed E-state index contributed by atoms with van der Waals surface area (Å²) < 4.78 is 24.0. The van der Waals surface area contributed by atoms with Crippen molar-refractivity contribution in [2.45, 2.75) is 5.16 Å². The maximum atomic E-state index is 11.3. The number of aromatic nitrogens is 2. The molecule has 0 fully saturated rings. The Morgan fingerprint density at radius 1 is 1.69 bits per heavy atom. The number of carbonyl (C=O) groups is 1. The molecule has 0 aliphatic rings. The first-order valence-corrected chi connectivity index (χ1v) is 5.07. The lowest BCUT2D eigenvalue weighted by Crippen LogP contribution is -2.24. The third kappa shape index (κ3) is 2.05. The van der Waals surface area contributed by atoms with Gasteiger partial charge in [0.05, 0.1) is 0 Å². The number of rotatable bonds is 3. The predicted molar refractivity (Wildman–Crippen MR) is 44.5 cm³/mol. The number of amides is 1. The highest BCUT2D eigenvalue weighted by atomic mass is 32.2. The summed E-state index contributed by atoms with van der Waals surface area (Å²) in [6, 6.07) is 0. The molecule has 0 unspecified atom stereocenters. The Balaban J connectivity index is 3.09. The molecule has 1 heterocycles. The molecule has 2 N–H and O–H groups in total. The van der Waals surface area contributed by atoms with Crippen molar-refractivity contribution in [1.29, 1.82) is 0 Å². The van der Waals surface area contributed by atoms with Crippen LogP contribution in [0.15, 0.2) is 17.6 Å². The van der Waals surface area contributed by atoms with E-state index in [4.69, 9.17) is 5.73 Å². The molecule has 72 valence electrons. The van der Waals surface area contributed by atoms with Crippen molar-refractivity contribution in [2.24, 2.45) is 12.8 Å². The van der Waals surface area contributed by atoms with E-state index in [2.05, 4.69) is 4.98 Å². The Labute approximate surface area is 75.3 Å². The highest BCUT2D eigenvalue weighted by molar-refractivity contribution is 7.91. The first-order valence-electron chi connectivity index (χ1n) is 3.42. The first-order chi connectivity index (χ1) is 5.93. The molecule has 13 heavy (non-hydrogen) atoms. The molecule has 0 aliphatic carbocycles. The molecular weight excluding hydrogens is 194 g/mol. The minimum absolute atomic E-state index is 0.147. The van der Waals surface area contributed by atoms with E-state index in [1.54, 1.807) is 0 Å². The molecule has 1 aromatic rings. The van der Waals surface area contributed by atoms with Gasteiger partial charge in [-0.3, -0.25) is 4.79 Å². The van der Waals surface area contributed by atoms with E-state index in [1.807, 2.05) is 0 Å². The van der Waals surface area contributed by atoms with Gasteiger partial charge in [0, 0.05) is 19.4 Å². The predicted octanol–water partition coefficient (Wildman–Crippen LogP) is -1.32. The van der Waals surface area contributed by atoms with Crippen molar-refractivity contribution in [3.8, 4) is 0 Å². The van der Waals surface area contributed by atoms with E-state index in [1.165, 1.54) is 24.0 Å². The van der Waals surface area contributed by atoms with Crippen LogP contribution in [-0.4, -0.2) is 29.6 Å². The number of imidazole rings is 1. The first kappa shape index (κ1) is 9.72. The standard InChI is InChI=1S/C6H9N3O3S/c1-9-3-2-8-6(9)13(11,12)4-5(7)10/h2-3H,4H2,1H3,(H2,7,10). The largest absolute Gasteiger partial charge is 0.369 e. The van der Waals surface area contributed by atoms with E-state index >= 15 is 0 Å². The van der Waals surface area contributed by atoms with Crippen molar-refractivity contribution in [1.82, 2.24) is 9.55 Å². The van der Waals surface area contributed by atoms with Crippen LogP contribution < -0.4 is 5.73 Å². The van der Waals surface area contributed by atoms with Gasteiger partial charge >= 0.3 is 0 Å². The minimum Gasteiger partial charge on any atom is -0.369 e. The van der Waals surface area contributed by atoms with Crippen LogP contribution in [0.25, 0.3) is 0 Å². The highest BCUT2D eigenvalue weighted by Crippen LogP contribution is 2.05. The molecule has 1 amide bonds. The molecule has 0 aromatic carbocycles. The number of nitrogens with zero attached hydrogens (tertiary/aromatic N) is 2. The molecule has 0 atom stereocenters. The fourth-order valence-electron chi connectivity index (χ4n) is 0.903. The molecule has 1 aromatic heterocycles. The third-order valence-electron chi connectivity index (χ3n) is 1.39. The monoisotopic (exact) mass is 203 g/mol. The van der Waals surface area contributed by atoms with Gasteiger partial charge in [-0.25, -0.2) is 13.4 Å². The summed E-state index contributed by atoms with van der Waals surface area (Å²) in [7, 11) is -2.14. The Kier molecular flexibility index (Phi) is 2.37. The van der Waals surface area contributed by atoms with Crippen LogP contribution in [0.5, 0.6) is 0 Å². The summed E-state index contributed by atoms with van der Waals surface area (Å²) in [5, 5.41) is -0.147. The van der Waals surface area contributed by atoms with Gasteiger partial charge in [-0.15, -0.1) is 0 Å². The Morgan fingerprint density at radius 3 is 2.69 bits per heavy atom. The van der Waals surface area contributed by atoms with Crippen molar-refractivity contribution < 1.29 is 13.2 Å². The van der Waals surface area contributed by atoms with Crippen LogP contribution in [0.3, 0.4) is 0 Å². The van der Waals surface area contributed by atoms with Crippen LogP contribution >= 0.6 is 0 Å². The normalized spacial score (nSPS) is 11.5. The molecule has 0 spiro atoms. The molecular formula is C6H9N3O3S. The van der Waals surface area contributed by atoms with Gasteiger partial charge in [-0.1, -0.05) is 0 Å². The van der Waals surface area contributed by atoms with Gasteiger partial charge in [-0.2, -0.15) is 0 Å². The van der Waals surface area contributed by atoms with E-state index in [0.29, 0.717) is 0 Å². The molecule has 0 saturated carbocycles. The van der Waals surface area contributed by atoms with Crippen LogP contribution in [0.2, 0.25) is 0 Å². The molecule has 7 heteroatoms. The number of carbonyl (C=O) groups excluding carboxylic acids is 1. The SMILES string of the molecule is Cn1ccnc1S(=O)(=O)CC(N)=O. The molecule has 0 bridgehead atoms. The average molecular weight is 203 g/mol. The van der Waals surface area contributed by atoms with Gasteiger partial charge in [0.1, 0.15) is 5.75 Å². The second-order valence-corrected chi connectivity index (χ2v) is 4.43. The lowest BCUT2D eigenvalue weighted by molar-refractivity contribution is -0.115. The van der Waals surface area contributed by atoms with Gasteiger partial charge in [0.25, 0.3) is 0 Å². The van der Waals surface area contributed by atoms with Crippen molar-refractivity contribution >= 4 is 15.7 Å². The van der Waals surface area contributed by atoms with Crippen molar-refractivity contribution in [3.63, 3.8) is 0 Å². The van der Waals surface area contributed by atoms with Gasteiger partial charge in [-0.05, 0) is 0 Å². The number of primary amides is 1. The summed E-state index contributed by atoms with van der Waals surface area (Å²) >= 11 is 0. The topological polar surface area (TPSA) is 95.1 Å². The van der Waals surface area contributed by atoms with E-state index in [0.717, 1.165) is 0 Å². The van der Waals surface area contributed by atoms with Gasteiger partial charge < -0.3 is 10.3 Å². The molecule has 6 nitrogen and oxygen atoms in total. The maximum absolute atomic E-state index is 11.3. The Bertz CT molecular complexity index is 420. The molecule has 0 aliphatic heterocycles. The quantitative estimate of drug-likeness (QED) is 0.659. The maximum Gasteiger partial charge on any atom is 0.233 e. The van der Waals surface area contributed by atoms with Crippen LogP contribution in [0.4, 0.5) is 0 Å². The highest BCUT2D eigenvalue weighted by Gasteiger charge is 2.21. The van der Waals surface area contributed by atoms with Gasteiger partial charge in [0.15, 0.2) is 0 Å². The minimum atomic E-state index is -3.67. The van der Waals surface area contributed by atoms with Crippen LogP contribution in [-0.2, 0) is 21.7 Å². The van der Waals surface area contributed by atoms with Gasteiger partial charge in [0.2, 0.25) is 20.9 Å². The summed E-state index contributed by atoms with van der Waals surface area (Å²) in [6.07, 6.45) is 2.82. The molecule has 0 radical (unpaired) electrons. The van der Waals surface area contributed by atoms with Crippen molar-refractivity contribution in [2.75, 3.05) is 5.75 Å². The Hall–Kier alpha value is -1.37. The second kappa shape index (κ2) is 3.17. The fourth-order valence-corrected chi connectivity index (χ4v) is 2.13. The fraction of sp³-hybridized carbons (Fsp3) is 0.333. The zero-order chi connectivity index (χ0) is 10.1. The third-order valence-corrected chi connectivity index (χ3v) is 3.00. The van der Waals surface area contributed by atoms with Crippen molar-refractivity contribution in [3.05, 3.63) is 12.4 Å². The molecule has 0 saturated heterocycles. The van der Waals surface area contributed by atoms with Crippen LogP contribution in [0.1, 0.15) is 0 Å². The number of aryl methyl sites for hydroxylation is 1. The summed E-state index contributed by atoms with van der Waals surface area (Å²) in [4.78, 5) is 14.0. The zero-order valence-electron chi connectivity index (χ0n) is 6.97. The van der Waals surface area contributed by atoms with Crippen LogP contribution in [0, 0.1) is 0 Å². The number of hydrogen-bond donors (Lipinski definition) is 1. The average Bonchev–Trinajstić information content (AvgIpc) is 2.32. The lowest BCUT2D eigenvalue weighted by atomic mass is 10.8. The summed E-state index contributed by atoms with van der Waals surface area (Å²) in [5.41, 5.74) is 4.78.